The number of urea groups is 1. The van der Waals surface area contributed by atoms with E-state index in [1.54, 1.807) is 0 Å². The van der Waals surface area contributed by atoms with E-state index in [0.29, 0.717) is 13.0 Å². The zero-order chi connectivity index (χ0) is 12.3. The molecule has 2 amide bonds. The Morgan fingerprint density at radius 2 is 2.12 bits per heavy atom. The van der Waals surface area contributed by atoms with Crippen LogP contribution in [0.5, 0.6) is 0 Å². The van der Waals surface area contributed by atoms with E-state index in [9.17, 15) is 9.59 Å². The summed E-state index contributed by atoms with van der Waals surface area (Å²) in [4.78, 5) is 24.4. The van der Waals surface area contributed by atoms with Crippen molar-refractivity contribution in [1.29, 1.82) is 0 Å². The van der Waals surface area contributed by atoms with Gasteiger partial charge in [0.05, 0.1) is 0 Å². The summed E-state index contributed by atoms with van der Waals surface area (Å²) < 4.78 is 0. The fraction of sp³-hybridized carbons (Fsp3) is 0.667. The molecule has 2 N–H and O–H groups in total. The first-order valence-corrected chi connectivity index (χ1v) is 6.13. The van der Waals surface area contributed by atoms with Crippen molar-refractivity contribution >= 4 is 12.0 Å². The second-order valence-corrected chi connectivity index (χ2v) is 4.62. The maximum absolute atomic E-state index is 12.0. The third-order valence-corrected chi connectivity index (χ3v) is 3.40. The van der Waals surface area contributed by atoms with Crippen LogP contribution in [0.4, 0.5) is 4.79 Å². The van der Waals surface area contributed by atoms with Crippen molar-refractivity contribution < 1.29 is 14.7 Å². The number of nitrogens with zero attached hydrogens (tertiary/aromatic N) is 1. The average Bonchev–Trinajstić information content (AvgIpc) is 2.79. The highest BCUT2D eigenvalue weighted by atomic mass is 16.4. The smallest absolute Gasteiger partial charge is 0.326 e. The Morgan fingerprint density at radius 1 is 1.29 bits per heavy atom. The molecule has 0 spiro atoms. The van der Waals surface area contributed by atoms with Crippen molar-refractivity contribution in [2.75, 3.05) is 6.54 Å². The van der Waals surface area contributed by atoms with Crippen LogP contribution in [0.15, 0.2) is 12.2 Å². The first kappa shape index (κ1) is 12.0. The van der Waals surface area contributed by atoms with Crippen LogP contribution in [-0.2, 0) is 4.79 Å². The topological polar surface area (TPSA) is 69.6 Å². The van der Waals surface area contributed by atoms with Crippen molar-refractivity contribution in [2.24, 2.45) is 0 Å². The Kier molecular flexibility index (Phi) is 3.66. The quantitative estimate of drug-likeness (QED) is 0.713. The molecule has 0 aromatic heterocycles. The summed E-state index contributed by atoms with van der Waals surface area (Å²) in [6, 6.07) is -0.716. The molecule has 17 heavy (non-hydrogen) atoms. The number of amides is 2. The van der Waals surface area contributed by atoms with Gasteiger partial charge in [-0.2, -0.15) is 0 Å². The minimum absolute atomic E-state index is 0.155. The Labute approximate surface area is 100 Å². The van der Waals surface area contributed by atoms with Gasteiger partial charge in [0.1, 0.15) is 6.04 Å². The van der Waals surface area contributed by atoms with Gasteiger partial charge in [0.25, 0.3) is 0 Å². The molecule has 0 aromatic carbocycles. The number of carbonyl (C=O) groups excluding carboxylic acids is 1. The molecule has 0 aromatic rings. The summed E-state index contributed by atoms with van der Waals surface area (Å²) in [6.45, 7) is 0.547. The molecule has 1 saturated heterocycles. The Hall–Kier alpha value is -1.52. The molecular formula is C12H18N2O3. The predicted octanol–water partition coefficient (Wildman–Crippen LogP) is 1.35. The van der Waals surface area contributed by atoms with Gasteiger partial charge in [0.15, 0.2) is 0 Å². The molecule has 1 fully saturated rings. The molecule has 94 valence electrons. The zero-order valence-electron chi connectivity index (χ0n) is 9.76. The maximum Gasteiger partial charge on any atom is 0.326 e. The number of carboxylic acid groups (broad SMARTS) is 1. The van der Waals surface area contributed by atoms with Crippen molar-refractivity contribution in [3.8, 4) is 0 Å². The second kappa shape index (κ2) is 5.21. The monoisotopic (exact) mass is 238 g/mol. The summed E-state index contributed by atoms with van der Waals surface area (Å²) in [7, 11) is 0. The number of nitrogens with one attached hydrogen (secondary N) is 1. The number of aliphatic carboxylic acids is 1. The predicted molar refractivity (Wildman–Crippen MR) is 62.7 cm³/mol. The summed E-state index contributed by atoms with van der Waals surface area (Å²) in [5.41, 5.74) is 0. The Balaban J connectivity index is 1.90. The molecule has 1 heterocycles. The van der Waals surface area contributed by atoms with Crippen LogP contribution < -0.4 is 5.32 Å². The number of rotatable bonds is 2. The van der Waals surface area contributed by atoms with E-state index in [2.05, 4.69) is 17.5 Å². The van der Waals surface area contributed by atoms with Crippen molar-refractivity contribution in [1.82, 2.24) is 10.2 Å². The van der Waals surface area contributed by atoms with E-state index in [0.717, 1.165) is 25.7 Å². The van der Waals surface area contributed by atoms with Crippen LogP contribution >= 0.6 is 0 Å². The van der Waals surface area contributed by atoms with Crippen molar-refractivity contribution in [3.05, 3.63) is 12.2 Å². The summed E-state index contributed by atoms with van der Waals surface area (Å²) in [5, 5.41) is 11.9. The fourth-order valence-electron chi connectivity index (χ4n) is 2.45. The molecule has 2 aliphatic rings. The van der Waals surface area contributed by atoms with Gasteiger partial charge in [-0.05, 0) is 32.1 Å². The molecule has 1 aliphatic carbocycles. The number of hydrogen-bond donors (Lipinski definition) is 2. The second-order valence-electron chi connectivity index (χ2n) is 4.62. The van der Waals surface area contributed by atoms with Crippen LogP contribution in [0.3, 0.4) is 0 Å². The van der Waals surface area contributed by atoms with Crippen molar-refractivity contribution in [3.63, 3.8) is 0 Å². The highest BCUT2D eigenvalue weighted by molar-refractivity contribution is 5.83. The standard InChI is InChI=1S/C12H18N2O3/c15-11(16)10-7-4-8-14(10)12(17)13-9-5-2-1-3-6-9/h1-2,9-10H,3-8H2,(H,13,17)(H,15,16). The highest BCUT2D eigenvalue weighted by Gasteiger charge is 2.34. The van der Waals surface area contributed by atoms with Gasteiger partial charge in [-0.3, -0.25) is 0 Å². The fourth-order valence-corrected chi connectivity index (χ4v) is 2.45. The Morgan fingerprint density at radius 3 is 2.76 bits per heavy atom. The lowest BCUT2D eigenvalue weighted by molar-refractivity contribution is -0.141. The lowest BCUT2D eigenvalue weighted by Crippen LogP contribution is -2.49. The number of allylic oxidation sites excluding steroid dienone is 1. The van der Waals surface area contributed by atoms with Gasteiger partial charge in [0, 0.05) is 12.6 Å². The molecule has 0 bridgehead atoms. The summed E-state index contributed by atoms with van der Waals surface area (Å²) in [5.74, 6) is -0.902. The van der Waals surface area contributed by atoms with E-state index < -0.39 is 12.0 Å². The molecular weight excluding hydrogens is 220 g/mol. The van der Waals surface area contributed by atoms with Gasteiger partial charge in [-0.1, -0.05) is 12.2 Å². The highest BCUT2D eigenvalue weighted by Crippen LogP contribution is 2.18. The van der Waals surface area contributed by atoms with E-state index in [1.165, 1.54) is 4.90 Å². The summed E-state index contributed by atoms with van der Waals surface area (Å²) in [6.07, 6.45) is 8.27. The largest absolute Gasteiger partial charge is 0.480 e. The number of likely N-dealkylation sites (tertiary alicyclic amines) is 1. The van der Waals surface area contributed by atoms with Crippen LogP contribution in [0.2, 0.25) is 0 Å². The van der Waals surface area contributed by atoms with Crippen LogP contribution in [-0.4, -0.2) is 40.6 Å². The van der Waals surface area contributed by atoms with Gasteiger partial charge < -0.3 is 15.3 Å². The van der Waals surface area contributed by atoms with Gasteiger partial charge in [0.2, 0.25) is 0 Å². The molecule has 2 unspecified atom stereocenters. The molecule has 5 heteroatoms. The SMILES string of the molecule is O=C(O)C1CCCN1C(=O)NC1CC=CCC1. The zero-order valence-corrected chi connectivity index (χ0v) is 9.76. The van der Waals surface area contributed by atoms with Gasteiger partial charge >= 0.3 is 12.0 Å². The van der Waals surface area contributed by atoms with Crippen LogP contribution in [0.25, 0.3) is 0 Å². The first-order chi connectivity index (χ1) is 8.18. The van der Waals surface area contributed by atoms with Crippen molar-refractivity contribution in [2.45, 2.75) is 44.2 Å². The third kappa shape index (κ3) is 2.78. The summed E-state index contributed by atoms with van der Waals surface area (Å²) >= 11 is 0. The average molecular weight is 238 g/mol. The van der Waals surface area contributed by atoms with Gasteiger partial charge in [-0.15, -0.1) is 0 Å². The first-order valence-electron chi connectivity index (χ1n) is 6.13. The van der Waals surface area contributed by atoms with E-state index in [4.69, 9.17) is 5.11 Å². The minimum atomic E-state index is -0.902. The van der Waals surface area contributed by atoms with Crippen LogP contribution in [0, 0.1) is 0 Å². The van der Waals surface area contributed by atoms with Crippen LogP contribution in [0.1, 0.15) is 32.1 Å². The lowest BCUT2D eigenvalue weighted by atomic mass is 10.0. The molecule has 1 aliphatic heterocycles. The maximum atomic E-state index is 12.0. The number of hydrogen-bond acceptors (Lipinski definition) is 2. The molecule has 2 rings (SSSR count). The molecule has 0 radical (unpaired) electrons. The third-order valence-electron chi connectivity index (χ3n) is 3.40. The normalized spacial score (nSPS) is 28.1. The van der Waals surface area contributed by atoms with E-state index in [-0.39, 0.29) is 12.1 Å². The molecule has 0 saturated carbocycles. The number of carbonyl (C=O) groups is 2. The molecule has 5 nitrogen and oxygen atoms in total. The van der Waals surface area contributed by atoms with E-state index in [1.807, 2.05) is 0 Å². The minimum Gasteiger partial charge on any atom is -0.480 e. The lowest BCUT2D eigenvalue weighted by Gasteiger charge is -2.26. The molecule has 2 atom stereocenters. The van der Waals surface area contributed by atoms with Gasteiger partial charge in [-0.25, -0.2) is 9.59 Å². The Bertz CT molecular complexity index is 341. The van der Waals surface area contributed by atoms with E-state index >= 15 is 0 Å². The number of carboxylic acids is 1.